The molecule has 1 aromatic carbocycles. The Morgan fingerprint density at radius 1 is 1.36 bits per heavy atom. The smallest absolute Gasteiger partial charge is 0.228 e. The highest BCUT2D eigenvalue weighted by atomic mass is 16.5. The Morgan fingerprint density at radius 3 is 2.77 bits per heavy atom. The van der Waals surface area contributed by atoms with Gasteiger partial charge < -0.3 is 19.1 Å². The zero-order valence-electron chi connectivity index (χ0n) is 13.8. The normalized spacial score (nSPS) is 21.3. The van der Waals surface area contributed by atoms with E-state index in [1.807, 2.05) is 32.2 Å². The molecule has 0 radical (unpaired) electrons. The summed E-state index contributed by atoms with van der Waals surface area (Å²) in [5.41, 5.74) is 0.962. The second kappa shape index (κ2) is 7.49. The van der Waals surface area contributed by atoms with Crippen molar-refractivity contribution in [1.82, 2.24) is 4.90 Å². The van der Waals surface area contributed by atoms with Gasteiger partial charge in [0.25, 0.3) is 0 Å². The summed E-state index contributed by atoms with van der Waals surface area (Å²) in [6, 6.07) is 5.64. The zero-order valence-corrected chi connectivity index (χ0v) is 13.8. The molecule has 2 rings (SSSR count). The molecule has 5 nitrogen and oxygen atoms in total. The van der Waals surface area contributed by atoms with Crippen molar-refractivity contribution in [3.63, 3.8) is 0 Å². The molecular formula is C17H25NO4. The Balaban J connectivity index is 2.07. The van der Waals surface area contributed by atoms with Crippen LogP contribution in [-0.2, 0) is 16.1 Å². The molecule has 1 aromatic rings. The van der Waals surface area contributed by atoms with Gasteiger partial charge in [-0.25, -0.2) is 0 Å². The SMILES string of the molecule is COc1ccc(CN(C)C(=O)[C@H]2CCCO[C@H]2C)c(OC)c1. The van der Waals surface area contributed by atoms with Gasteiger partial charge in [0.2, 0.25) is 5.91 Å². The third kappa shape index (κ3) is 3.71. The van der Waals surface area contributed by atoms with Gasteiger partial charge in [-0.1, -0.05) is 0 Å². The van der Waals surface area contributed by atoms with Crippen LogP contribution in [-0.4, -0.2) is 44.8 Å². The van der Waals surface area contributed by atoms with E-state index in [2.05, 4.69) is 0 Å². The summed E-state index contributed by atoms with van der Waals surface area (Å²) in [7, 11) is 5.07. The third-order valence-corrected chi connectivity index (χ3v) is 4.20. The van der Waals surface area contributed by atoms with E-state index in [0.717, 1.165) is 36.5 Å². The molecule has 0 unspecified atom stereocenters. The maximum absolute atomic E-state index is 12.6. The standard InChI is InChI=1S/C17H25NO4/c1-12-15(6-5-9-22-12)17(19)18(2)11-13-7-8-14(20-3)10-16(13)21-4/h7-8,10,12,15H,5-6,9,11H2,1-4H3/t12-,15-/m0/s1. The molecule has 1 aliphatic rings. The number of carbonyl (C=O) groups is 1. The first-order valence-electron chi connectivity index (χ1n) is 7.64. The third-order valence-electron chi connectivity index (χ3n) is 4.20. The van der Waals surface area contributed by atoms with E-state index in [-0.39, 0.29) is 17.9 Å². The number of hydrogen-bond acceptors (Lipinski definition) is 4. The van der Waals surface area contributed by atoms with Crippen LogP contribution >= 0.6 is 0 Å². The molecule has 0 spiro atoms. The lowest BCUT2D eigenvalue weighted by molar-refractivity contribution is -0.143. The Hall–Kier alpha value is -1.75. The fraction of sp³-hybridized carbons (Fsp3) is 0.588. The molecule has 0 aliphatic carbocycles. The van der Waals surface area contributed by atoms with Crippen LogP contribution in [0, 0.1) is 5.92 Å². The Labute approximate surface area is 132 Å². The number of hydrogen-bond donors (Lipinski definition) is 0. The average Bonchev–Trinajstić information content (AvgIpc) is 2.55. The maximum Gasteiger partial charge on any atom is 0.228 e. The van der Waals surface area contributed by atoms with Crippen molar-refractivity contribution in [2.75, 3.05) is 27.9 Å². The van der Waals surface area contributed by atoms with E-state index in [4.69, 9.17) is 14.2 Å². The fourth-order valence-corrected chi connectivity index (χ4v) is 2.85. The van der Waals surface area contributed by atoms with Crippen molar-refractivity contribution in [2.45, 2.75) is 32.4 Å². The second-order valence-electron chi connectivity index (χ2n) is 5.70. The number of nitrogens with zero attached hydrogens (tertiary/aromatic N) is 1. The first kappa shape index (κ1) is 16.6. The molecule has 0 bridgehead atoms. The highest BCUT2D eigenvalue weighted by Crippen LogP contribution is 2.27. The van der Waals surface area contributed by atoms with E-state index in [1.54, 1.807) is 19.1 Å². The number of ether oxygens (including phenoxy) is 3. The van der Waals surface area contributed by atoms with Crippen LogP contribution in [0.4, 0.5) is 0 Å². The quantitative estimate of drug-likeness (QED) is 0.838. The summed E-state index contributed by atoms with van der Waals surface area (Å²) in [5.74, 6) is 1.55. The van der Waals surface area contributed by atoms with Crippen LogP contribution in [0.2, 0.25) is 0 Å². The minimum atomic E-state index is -0.0528. The molecule has 22 heavy (non-hydrogen) atoms. The molecule has 1 amide bonds. The molecular weight excluding hydrogens is 282 g/mol. The van der Waals surface area contributed by atoms with Gasteiger partial charge in [-0.3, -0.25) is 4.79 Å². The van der Waals surface area contributed by atoms with Crippen LogP contribution in [0.25, 0.3) is 0 Å². The molecule has 5 heteroatoms. The minimum absolute atomic E-state index is 0.0125. The summed E-state index contributed by atoms with van der Waals surface area (Å²) in [4.78, 5) is 14.4. The minimum Gasteiger partial charge on any atom is -0.497 e. The fourth-order valence-electron chi connectivity index (χ4n) is 2.85. The van der Waals surface area contributed by atoms with Crippen molar-refractivity contribution in [2.24, 2.45) is 5.92 Å². The molecule has 1 aliphatic heterocycles. The van der Waals surface area contributed by atoms with Gasteiger partial charge in [0.1, 0.15) is 11.5 Å². The van der Waals surface area contributed by atoms with Crippen LogP contribution in [0.5, 0.6) is 11.5 Å². The molecule has 122 valence electrons. The molecule has 1 fully saturated rings. The number of carbonyl (C=O) groups excluding carboxylic acids is 1. The Bertz CT molecular complexity index is 517. The van der Waals surface area contributed by atoms with E-state index in [9.17, 15) is 4.79 Å². The van der Waals surface area contributed by atoms with Crippen molar-refractivity contribution >= 4 is 5.91 Å². The largest absolute Gasteiger partial charge is 0.497 e. The maximum atomic E-state index is 12.6. The second-order valence-corrected chi connectivity index (χ2v) is 5.70. The first-order chi connectivity index (χ1) is 10.6. The van der Waals surface area contributed by atoms with Crippen LogP contribution in [0.15, 0.2) is 18.2 Å². The lowest BCUT2D eigenvalue weighted by atomic mass is 9.94. The molecule has 2 atom stereocenters. The van der Waals surface area contributed by atoms with Gasteiger partial charge in [-0.05, 0) is 31.9 Å². The lowest BCUT2D eigenvalue weighted by Gasteiger charge is -2.31. The van der Waals surface area contributed by atoms with Crippen molar-refractivity contribution in [3.8, 4) is 11.5 Å². The monoisotopic (exact) mass is 307 g/mol. The van der Waals surface area contributed by atoms with E-state index in [1.165, 1.54) is 0 Å². The van der Waals surface area contributed by atoms with Gasteiger partial charge in [0, 0.05) is 31.8 Å². The molecule has 1 heterocycles. The zero-order chi connectivity index (χ0) is 16.1. The molecule has 0 N–H and O–H groups in total. The Kier molecular flexibility index (Phi) is 5.66. The summed E-state index contributed by atoms with van der Waals surface area (Å²) in [6.45, 7) is 3.24. The molecule has 0 aromatic heterocycles. The molecule has 0 saturated carbocycles. The predicted molar refractivity (Wildman–Crippen MR) is 84.2 cm³/mol. The van der Waals surface area contributed by atoms with E-state index < -0.39 is 0 Å². The van der Waals surface area contributed by atoms with Crippen LogP contribution in [0.1, 0.15) is 25.3 Å². The topological polar surface area (TPSA) is 48.0 Å². The van der Waals surface area contributed by atoms with Gasteiger partial charge in [0.15, 0.2) is 0 Å². The van der Waals surface area contributed by atoms with Crippen molar-refractivity contribution in [1.29, 1.82) is 0 Å². The summed E-state index contributed by atoms with van der Waals surface area (Å²) < 4.78 is 16.2. The van der Waals surface area contributed by atoms with Gasteiger partial charge in [-0.15, -0.1) is 0 Å². The highest BCUT2D eigenvalue weighted by Gasteiger charge is 2.30. The highest BCUT2D eigenvalue weighted by molar-refractivity contribution is 5.79. The van der Waals surface area contributed by atoms with Gasteiger partial charge in [0.05, 0.1) is 26.2 Å². The van der Waals surface area contributed by atoms with Crippen molar-refractivity contribution in [3.05, 3.63) is 23.8 Å². The summed E-state index contributed by atoms with van der Waals surface area (Å²) in [6.07, 6.45) is 1.83. The number of amides is 1. The van der Waals surface area contributed by atoms with Gasteiger partial charge in [-0.2, -0.15) is 0 Å². The predicted octanol–water partition coefficient (Wildman–Crippen LogP) is 2.48. The van der Waals surface area contributed by atoms with E-state index >= 15 is 0 Å². The first-order valence-corrected chi connectivity index (χ1v) is 7.64. The molecule has 1 saturated heterocycles. The Morgan fingerprint density at radius 2 is 2.14 bits per heavy atom. The van der Waals surface area contributed by atoms with Crippen LogP contribution < -0.4 is 9.47 Å². The van der Waals surface area contributed by atoms with E-state index in [0.29, 0.717) is 6.54 Å². The summed E-state index contributed by atoms with van der Waals surface area (Å²) >= 11 is 0. The summed E-state index contributed by atoms with van der Waals surface area (Å²) in [5, 5.41) is 0. The number of rotatable bonds is 5. The number of benzene rings is 1. The number of methoxy groups -OCH3 is 2. The van der Waals surface area contributed by atoms with Crippen molar-refractivity contribution < 1.29 is 19.0 Å². The lowest BCUT2D eigenvalue weighted by Crippen LogP contribution is -2.40. The average molecular weight is 307 g/mol. The van der Waals surface area contributed by atoms with Crippen LogP contribution in [0.3, 0.4) is 0 Å². The van der Waals surface area contributed by atoms with Gasteiger partial charge >= 0.3 is 0 Å².